The second-order valence-corrected chi connectivity index (χ2v) is 4.53. The minimum absolute atomic E-state index is 0.0238. The molecule has 3 aromatic heterocycles. The highest BCUT2D eigenvalue weighted by molar-refractivity contribution is 5.92. The van der Waals surface area contributed by atoms with Crippen LogP contribution in [0.2, 0.25) is 0 Å². The van der Waals surface area contributed by atoms with E-state index >= 15 is 0 Å². The molecule has 0 aliphatic heterocycles. The third-order valence-corrected chi connectivity index (χ3v) is 3.02. The highest BCUT2D eigenvalue weighted by Crippen LogP contribution is 2.12. The Morgan fingerprint density at radius 1 is 1.24 bits per heavy atom. The lowest BCUT2D eigenvalue weighted by Crippen LogP contribution is -2.28. The summed E-state index contributed by atoms with van der Waals surface area (Å²) < 4.78 is 14.8. The quantitative estimate of drug-likeness (QED) is 0.744. The molecule has 1 amide bonds. The molecule has 3 heterocycles. The van der Waals surface area contributed by atoms with Crippen LogP contribution in [0.3, 0.4) is 0 Å². The van der Waals surface area contributed by atoms with Crippen LogP contribution in [0.25, 0.3) is 5.65 Å². The van der Waals surface area contributed by atoms with E-state index in [0.29, 0.717) is 11.5 Å². The maximum Gasteiger partial charge on any atom is 0.270 e. The largest absolute Gasteiger partial charge is 0.341 e. The number of hydrogen-bond donors (Lipinski definition) is 1. The summed E-state index contributed by atoms with van der Waals surface area (Å²) in [6.07, 6.45) is 1.81. The van der Waals surface area contributed by atoms with Crippen molar-refractivity contribution in [3.8, 4) is 0 Å². The van der Waals surface area contributed by atoms with Crippen molar-refractivity contribution >= 4 is 11.6 Å². The fourth-order valence-corrected chi connectivity index (χ4v) is 2.03. The van der Waals surface area contributed by atoms with Crippen LogP contribution in [0.4, 0.5) is 4.39 Å². The Balaban J connectivity index is 1.83. The number of pyridine rings is 2. The summed E-state index contributed by atoms with van der Waals surface area (Å²) in [7, 11) is 0. The lowest BCUT2D eigenvalue weighted by atomic mass is 10.2. The second kappa shape index (κ2) is 5.28. The van der Waals surface area contributed by atoms with Gasteiger partial charge in [0, 0.05) is 6.20 Å². The zero-order chi connectivity index (χ0) is 14.8. The number of fused-ring (bicyclic) bond motifs is 1. The summed E-state index contributed by atoms with van der Waals surface area (Å²) >= 11 is 0. The molecule has 1 unspecified atom stereocenters. The molecule has 0 aliphatic carbocycles. The van der Waals surface area contributed by atoms with Crippen LogP contribution in [-0.4, -0.2) is 25.5 Å². The molecule has 21 heavy (non-hydrogen) atoms. The molecule has 0 aliphatic rings. The van der Waals surface area contributed by atoms with Crippen LogP contribution in [0.1, 0.15) is 29.3 Å². The normalized spacial score (nSPS) is 12.3. The average molecular weight is 285 g/mol. The third kappa shape index (κ3) is 2.58. The molecule has 106 valence electrons. The van der Waals surface area contributed by atoms with Crippen molar-refractivity contribution in [3.63, 3.8) is 0 Å². The second-order valence-electron chi connectivity index (χ2n) is 4.53. The topological polar surface area (TPSA) is 72.2 Å². The molecule has 0 radical (unpaired) electrons. The van der Waals surface area contributed by atoms with E-state index in [1.54, 1.807) is 11.3 Å². The fourth-order valence-electron chi connectivity index (χ4n) is 2.03. The summed E-state index contributed by atoms with van der Waals surface area (Å²) in [4.78, 5) is 15.6. The Morgan fingerprint density at radius 2 is 2.10 bits per heavy atom. The van der Waals surface area contributed by atoms with Gasteiger partial charge in [0.2, 0.25) is 5.95 Å². The lowest BCUT2D eigenvalue weighted by molar-refractivity contribution is 0.0932. The van der Waals surface area contributed by atoms with Gasteiger partial charge in [-0.25, -0.2) is 4.98 Å². The summed E-state index contributed by atoms with van der Waals surface area (Å²) in [5.41, 5.74) is 0.716. The van der Waals surface area contributed by atoms with E-state index < -0.39 is 11.9 Å². The summed E-state index contributed by atoms with van der Waals surface area (Å²) in [6.45, 7) is 1.78. The van der Waals surface area contributed by atoms with Gasteiger partial charge < -0.3 is 5.32 Å². The molecule has 0 spiro atoms. The standard InChI is InChI=1S/C14H12FN5O/c1-9(13-19-18-12-7-2-3-8-20(12)13)16-14(21)10-5-4-6-11(15)17-10/h2-9H,1H3,(H,16,21). The molecule has 0 saturated heterocycles. The number of carbonyl (C=O) groups excluding carboxylic acids is 1. The first-order valence-electron chi connectivity index (χ1n) is 6.38. The van der Waals surface area contributed by atoms with E-state index in [1.165, 1.54) is 18.2 Å². The number of halogens is 1. The molecule has 0 aromatic carbocycles. The number of aromatic nitrogens is 4. The number of nitrogens with one attached hydrogen (secondary N) is 1. The van der Waals surface area contributed by atoms with Gasteiger partial charge in [-0.05, 0) is 31.2 Å². The van der Waals surface area contributed by atoms with Crippen LogP contribution < -0.4 is 5.32 Å². The van der Waals surface area contributed by atoms with Crippen molar-refractivity contribution in [1.82, 2.24) is 24.9 Å². The van der Waals surface area contributed by atoms with Gasteiger partial charge in [0.25, 0.3) is 5.91 Å². The maximum absolute atomic E-state index is 13.0. The molecule has 3 aromatic rings. The minimum atomic E-state index is -0.691. The van der Waals surface area contributed by atoms with Crippen molar-refractivity contribution in [2.75, 3.05) is 0 Å². The molecule has 7 heteroatoms. The highest BCUT2D eigenvalue weighted by atomic mass is 19.1. The van der Waals surface area contributed by atoms with Crippen LogP contribution in [-0.2, 0) is 0 Å². The van der Waals surface area contributed by atoms with Gasteiger partial charge in [0.15, 0.2) is 11.5 Å². The van der Waals surface area contributed by atoms with Crippen molar-refractivity contribution in [2.24, 2.45) is 0 Å². The molecule has 1 atom stereocenters. The first-order chi connectivity index (χ1) is 10.1. The van der Waals surface area contributed by atoms with Gasteiger partial charge in [-0.15, -0.1) is 10.2 Å². The van der Waals surface area contributed by atoms with Gasteiger partial charge in [-0.1, -0.05) is 12.1 Å². The van der Waals surface area contributed by atoms with Gasteiger partial charge in [-0.2, -0.15) is 4.39 Å². The minimum Gasteiger partial charge on any atom is -0.341 e. The Bertz CT molecular complexity index is 801. The maximum atomic E-state index is 13.0. The number of hydrogen-bond acceptors (Lipinski definition) is 4. The third-order valence-electron chi connectivity index (χ3n) is 3.02. The molecule has 0 bridgehead atoms. The van der Waals surface area contributed by atoms with Crippen LogP contribution in [0, 0.1) is 5.95 Å². The molecule has 6 nitrogen and oxygen atoms in total. The lowest BCUT2D eigenvalue weighted by Gasteiger charge is -2.11. The van der Waals surface area contributed by atoms with Crippen molar-refractivity contribution in [3.05, 3.63) is 60.1 Å². The van der Waals surface area contributed by atoms with Gasteiger partial charge in [-0.3, -0.25) is 9.20 Å². The van der Waals surface area contributed by atoms with Gasteiger partial charge >= 0.3 is 0 Å². The first-order valence-corrected chi connectivity index (χ1v) is 6.38. The predicted molar refractivity (Wildman–Crippen MR) is 73.1 cm³/mol. The molecular weight excluding hydrogens is 273 g/mol. The van der Waals surface area contributed by atoms with Crippen LogP contribution >= 0.6 is 0 Å². The number of nitrogens with zero attached hydrogens (tertiary/aromatic N) is 4. The summed E-state index contributed by atoms with van der Waals surface area (Å²) in [5.74, 6) is -0.562. The first kappa shape index (κ1) is 13.2. The SMILES string of the molecule is CC(NC(=O)c1cccc(F)n1)c1nnc2ccccn12. The van der Waals surface area contributed by atoms with Gasteiger partial charge in [0.05, 0.1) is 6.04 Å². The number of amides is 1. The van der Waals surface area contributed by atoms with Crippen LogP contribution in [0.15, 0.2) is 42.6 Å². The molecule has 0 saturated carbocycles. The highest BCUT2D eigenvalue weighted by Gasteiger charge is 2.17. The smallest absolute Gasteiger partial charge is 0.270 e. The zero-order valence-corrected chi connectivity index (χ0v) is 11.2. The predicted octanol–water partition coefficient (Wildman–Crippen LogP) is 1.75. The number of rotatable bonds is 3. The Labute approximate surface area is 119 Å². The van der Waals surface area contributed by atoms with E-state index in [0.717, 1.165) is 0 Å². The Kier molecular flexibility index (Phi) is 3.31. The van der Waals surface area contributed by atoms with Crippen LogP contribution in [0.5, 0.6) is 0 Å². The monoisotopic (exact) mass is 285 g/mol. The Hall–Kier alpha value is -2.83. The van der Waals surface area contributed by atoms with Gasteiger partial charge in [0.1, 0.15) is 5.69 Å². The van der Waals surface area contributed by atoms with E-state index in [9.17, 15) is 9.18 Å². The molecular formula is C14H12FN5O. The van der Waals surface area contributed by atoms with E-state index in [1.807, 2.05) is 24.4 Å². The fraction of sp³-hybridized carbons (Fsp3) is 0.143. The van der Waals surface area contributed by atoms with E-state index in [4.69, 9.17) is 0 Å². The van der Waals surface area contributed by atoms with Crippen molar-refractivity contribution < 1.29 is 9.18 Å². The average Bonchev–Trinajstić information content (AvgIpc) is 2.91. The summed E-state index contributed by atoms with van der Waals surface area (Å²) in [5, 5.41) is 10.8. The van der Waals surface area contributed by atoms with Crippen molar-refractivity contribution in [2.45, 2.75) is 13.0 Å². The zero-order valence-electron chi connectivity index (χ0n) is 11.2. The Morgan fingerprint density at radius 3 is 2.90 bits per heavy atom. The molecule has 3 rings (SSSR count). The number of carbonyl (C=O) groups is 1. The molecule has 1 N–H and O–H groups in total. The van der Waals surface area contributed by atoms with E-state index in [2.05, 4.69) is 20.5 Å². The van der Waals surface area contributed by atoms with E-state index in [-0.39, 0.29) is 11.7 Å². The summed E-state index contributed by atoms with van der Waals surface area (Å²) in [6, 6.07) is 9.21. The molecule has 0 fully saturated rings. The van der Waals surface area contributed by atoms with Crippen molar-refractivity contribution in [1.29, 1.82) is 0 Å².